The van der Waals surface area contributed by atoms with E-state index in [1.807, 2.05) is 24.5 Å². The van der Waals surface area contributed by atoms with E-state index in [9.17, 15) is 5.11 Å². The van der Waals surface area contributed by atoms with Crippen molar-refractivity contribution in [2.75, 3.05) is 5.73 Å². The third kappa shape index (κ3) is 4.36. The first kappa shape index (κ1) is 23.0. The number of nitrogen functional groups attached to an aromatic ring is 1. The number of benzene rings is 2. The van der Waals surface area contributed by atoms with Crippen LogP contribution in [0.15, 0.2) is 30.6 Å². The molecule has 0 aliphatic carbocycles. The highest BCUT2D eigenvalue weighted by Crippen LogP contribution is 2.47. The van der Waals surface area contributed by atoms with Crippen LogP contribution in [0.1, 0.15) is 13.8 Å². The van der Waals surface area contributed by atoms with Gasteiger partial charge in [-0.1, -0.05) is 90.1 Å². The average molecular weight is 507 g/mol. The van der Waals surface area contributed by atoms with Gasteiger partial charge in [0, 0.05) is 11.9 Å². The number of phenols is 1. The SMILES string of the molecule is CC(C)Cn1cnc2c(N)nc3ccccc3c21.Oc1c(Cl)c(Cl)c(Cl)c(Cl)c1Cl. The van der Waals surface area contributed by atoms with Gasteiger partial charge in [-0.25, -0.2) is 9.97 Å². The Kier molecular flexibility index (Phi) is 7.10. The molecule has 3 N–H and O–H groups in total. The van der Waals surface area contributed by atoms with E-state index in [4.69, 9.17) is 63.7 Å². The highest BCUT2D eigenvalue weighted by Gasteiger charge is 2.18. The molecule has 0 aliphatic rings. The van der Waals surface area contributed by atoms with Crippen LogP contribution >= 0.6 is 58.0 Å². The fourth-order valence-electron chi connectivity index (χ4n) is 2.93. The number of rotatable bonds is 2. The molecule has 0 saturated heterocycles. The molecule has 30 heavy (non-hydrogen) atoms. The molecule has 4 aromatic rings. The van der Waals surface area contributed by atoms with E-state index >= 15 is 0 Å². The van der Waals surface area contributed by atoms with Crippen LogP contribution in [0.2, 0.25) is 25.1 Å². The molecule has 0 radical (unpaired) electrons. The second kappa shape index (κ2) is 9.25. The van der Waals surface area contributed by atoms with E-state index in [1.165, 1.54) is 0 Å². The first-order chi connectivity index (χ1) is 14.1. The van der Waals surface area contributed by atoms with Crippen molar-refractivity contribution in [3.63, 3.8) is 0 Å². The van der Waals surface area contributed by atoms with Crippen LogP contribution in [0, 0.1) is 5.92 Å². The van der Waals surface area contributed by atoms with Crippen molar-refractivity contribution in [2.24, 2.45) is 5.92 Å². The number of para-hydroxylation sites is 1. The minimum atomic E-state index is -0.363. The van der Waals surface area contributed by atoms with Crippen molar-refractivity contribution in [2.45, 2.75) is 20.4 Å². The van der Waals surface area contributed by atoms with E-state index in [2.05, 4.69) is 34.4 Å². The number of phenolic OH excluding ortho intramolecular Hbond substituents is 1. The summed E-state index contributed by atoms with van der Waals surface area (Å²) in [6, 6.07) is 8.05. The Bertz CT molecular complexity index is 1130. The zero-order chi connectivity index (χ0) is 22.2. The monoisotopic (exact) mass is 504 g/mol. The molecule has 10 heteroatoms. The second-order valence-electron chi connectivity index (χ2n) is 6.92. The van der Waals surface area contributed by atoms with Crippen molar-refractivity contribution in [1.29, 1.82) is 0 Å². The normalized spacial score (nSPS) is 11.2. The molecule has 0 spiro atoms. The topological polar surface area (TPSA) is 77.0 Å². The number of nitrogens with zero attached hydrogens (tertiary/aromatic N) is 3. The molecule has 0 fully saturated rings. The minimum Gasteiger partial charge on any atom is -0.505 e. The maximum absolute atomic E-state index is 9.20. The molecular weight excluding hydrogens is 490 g/mol. The van der Waals surface area contributed by atoms with Gasteiger partial charge in [0.05, 0.1) is 32.4 Å². The van der Waals surface area contributed by atoms with Gasteiger partial charge < -0.3 is 15.4 Å². The highest BCUT2D eigenvalue weighted by atomic mass is 35.5. The van der Waals surface area contributed by atoms with Crippen molar-refractivity contribution < 1.29 is 5.11 Å². The van der Waals surface area contributed by atoms with E-state index in [0.717, 1.165) is 28.5 Å². The summed E-state index contributed by atoms with van der Waals surface area (Å²) in [6.45, 7) is 5.32. The smallest absolute Gasteiger partial charge is 0.155 e. The lowest BCUT2D eigenvalue weighted by molar-refractivity contribution is 0.476. The first-order valence-corrected chi connectivity index (χ1v) is 10.7. The second-order valence-corrected chi connectivity index (χ2v) is 8.81. The number of halogens is 5. The van der Waals surface area contributed by atoms with Gasteiger partial charge in [-0.05, 0) is 12.0 Å². The number of aromatic hydroxyl groups is 1. The fourth-order valence-corrected chi connectivity index (χ4v) is 4.06. The predicted molar refractivity (Wildman–Crippen MR) is 127 cm³/mol. The third-order valence-electron chi connectivity index (χ3n) is 4.23. The van der Waals surface area contributed by atoms with Crippen LogP contribution < -0.4 is 5.73 Å². The van der Waals surface area contributed by atoms with Crippen LogP contribution in [0.3, 0.4) is 0 Å². The lowest BCUT2D eigenvalue weighted by Crippen LogP contribution is -2.03. The van der Waals surface area contributed by atoms with Gasteiger partial charge in [-0.15, -0.1) is 0 Å². The zero-order valence-electron chi connectivity index (χ0n) is 15.9. The highest BCUT2D eigenvalue weighted by molar-refractivity contribution is 6.55. The molecule has 0 unspecified atom stereocenters. The van der Waals surface area contributed by atoms with E-state index < -0.39 is 0 Å². The number of anilines is 1. The molecule has 5 nitrogen and oxygen atoms in total. The lowest BCUT2D eigenvalue weighted by Gasteiger charge is -2.09. The van der Waals surface area contributed by atoms with Gasteiger partial charge >= 0.3 is 0 Å². The summed E-state index contributed by atoms with van der Waals surface area (Å²) in [5.41, 5.74) is 8.79. The summed E-state index contributed by atoms with van der Waals surface area (Å²) in [7, 11) is 0. The number of fused-ring (bicyclic) bond motifs is 3. The van der Waals surface area contributed by atoms with Crippen molar-refractivity contribution in [3.05, 3.63) is 55.7 Å². The largest absolute Gasteiger partial charge is 0.505 e. The minimum absolute atomic E-state index is 0.00904. The van der Waals surface area contributed by atoms with Crippen molar-refractivity contribution in [1.82, 2.24) is 14.5 Å². The molecule has 4 rings (SSSR count). The maximum Gasteiger partial charge on any atom is 0.155 e. The predicted octanol–water partition coefficient (Wildman–Crippen LogP) is 7.48. The number of hydrogen-bond donors (Lipinski definition) is 2. The molecule has 158 valence electrons. The molecule has 0 amide bonds. The third-order valence-corrected chi connectivity index (χ3v) is 6.49. The Morgan fingerprint density at radius 3 is 2.13 bits per heavy atom. The summed E-state index contributed by atoms with van der Waals surface area (Å²) in [4.78, 5) is 8.80. The fraction of sp³-hybridized carbons (Fsp3) is 0.200. The lowest BCUT2D eigenvalue weighted by atomic mass is 10.1. The van der Waals surface area contributed by atoms with E-state index in [0.29, 0.717) is 11.7 Å². The Hall–Kier alpha value is -1.63. The average Bonchev–Trinajstić information content (AvgIpc) is 3.14. The Morgan fingerprint density at radius 1 is 0.967 bits per heavy atom. The van der Waals surface area contributed by atoms with Gasteiger partial charge in [0.15, 0.2) is 11.6 Å². The van der Waals surface area contributed by atoms with Crippen LogP contribution in [0.5, 0.6) is 5.75 Å². The number of pyridine rings is 1. The van der Waals surface area contributed by atoms with Gasteiger partial charge in [0.2, 0.25) is 0 Å². The van der Waals surface area contributed by atoms with Gasteiger partial charge in [0.1, 0.15) is 15.6 Å². The molecule has 0 bridgehead atoms. The van der Waals surface area contributed by atoms with Crippen LogP contribution in [-0.4, -0.2) is 19.6 Å². The van der Waals surface area contributed by atoms with Crippen molar-refractivity contribution in [3.8, 4) is 5.75 Å². The maximum atomic E-state index is 9.20. The number of hydrogen-bond acceptors (Lipinski definition) is 4. The van der Waals surface area contributed by atoms with E-state index in [1.54, 1.807) is 0 Å². The van der Waals surface area contributed by atoms with Gasteiger partial charge in [0.25, 0.3) is 0 Å². The number of aromatic nitrogens is 3. The quantitative estimate of drug-likeness (QED) is 0.218. The summed E-state index contributed by atoms with van der Waals surface area (Å²) in [6.07, 6.45) is 1.86. The van der Waals surface area contributed by atoms with Crippen LogP contribution in [-0.2, 0) is 6.54 Å². The molecule has 0 saturated carbocycles. The molecule has 2 aromatic heterocycles. The van der Waals surface area contributed by atoms with Crippen molar-refractivity contribution >= 4 is 85.8 Å². The Labute approximate surface area is 198 Å². The molecule has 2 heterocycles. The first-order valence-electron chi connectivity index (χ1n) is 8.82. The standard InChI is InChI=1S/C14H16N4.C6HCl5O/c1-9(2)7-18-8-16-12-13(18)10-5-3-4-6-11(10)17-14(12)15;7-1-2(8)4(10)6(12)5(11)3(1)9/h3-6,8-9H,7H2,1-2H3,(H2,15,17);12H. The summed E-state index contributed by atoms with van der Waals surface area (Å²) < 4.78 is 2.17. The molecule has 0 aliphatic heterocycles. The van der Waals surface area contributed by atoms with Gasteiger partial charge in [-0.3, -0.25) is 0 Å². The zero-order valence-corrected chi connectivity index (χ0v) is 19.7. The molecule has 2 aromatic carbocycles. The Morgan fingerprint density at radius 2 is 1.53 bits per heavy atom. The summed E-state index contributed by atoms with van der Waals surface area (Å²) >= 11 is 27.9. The van der Waals surface area contributed by atoms with Gasteiger partial charge in [-0.2, -0.15) is 0 Å². The van der Waals surface area contributed by atoms with Crippen LogP contribution in [0.4, 0.5) is 5.82 Å². The molecule has 0 atom stereocenters. The van der Waals surface area contributed by atoms with E-state index in [-0.39, 0.29) is 30.9 Å². The van der Waals surface area contributed by atoms with Crippen LogP contribution in [0.25, 0.3) is 21.9 Å². The summed E-state index contributed by atoms with van der Waals surface area (Å²) in [5, 5.41) is 10.1. The summed E-state index contributed by atoms with van der Waals surface area (Å²) in [5.74, 6) is 0.708. The number of nitrogens with two attached hydrogens (primary N) is 1. The Balaban J connectivity index is 0.000000187. The molecular formula is C20H17Cl5N4O. The number of imidazole rings is 1.